The van der Waals surface area contributed by atoms with Crippen LogP contribution in [0.5, 0.6) is 0 Å². The molecule has 20 heteroatoms. The van der Waals surface area contributed by atoms with E-state index in [-0.39, 0.29) is 11.8 Å². The first kappa shape index (κ1) is 74.2. The van der Waals surface area contributed by atoms with Crippen LogP contribution in [0.15, 0.2) is 175 Å². The van der Waals surface area contributed by atoms with Gasteiger partial charge in [0.2, 0.25) is 0 Å². The lowest BCUT2D eigenvalue weighted by atomic mass is 9.93. The van der Waals surface area contributed by atoms with Crippen LogP contribution in [0.3, 0.4) is 0 Å². The zero-order valence-electron chi connectivity index (χ0n) is 54.6. The lowest BCUT2D eigenvalue weighted by Crippen LogP contribution is -2.28. The number of aromatic amines is 5. The Labute approximate surface area is 527 Å². The quantitative estimate of drug-likeness (QED) is 0.0429. The summed E-state index contributed by atoms with van der Waals surface area (Å²) in [6.45, 7) is 33.4. The van der Waals surface area contributed by atoms with Gasteiger partial charge in [-0.25, -0.2) is 0 Å². The summed E-state index contributed by atoms with van der Waals surface area (Å²) in [7, 11) is -5.83. The van der Waals surface area contributed by atoms with Crippen molar-refractivity contribution in [3.8, 4) is 0 Å². The average Bonchev–Trinajstić information content (AvgIpc) is 1.58. The highest BCUT2D eigenvalue weighted by atomic mass is 79.9. The van der Waals surface area contributed by atoms with E-state index in [4.69, 9.17) is 36.6 Å². The van der Waals surface area contributed by atoms with Crippen molar-refractivity contribution in [3.63, 3.8) is 0 Å². The molecule has 0 aliphatic heterocycles. The molecule has 8 rings (SSSR count). The zero-order valence-corrected chi connectivity index (χ0v) is 58.9. The fourth-order valence-corrected chi connectivity index (χ4v) is 13.9. The number of aromatic nitrogens is 5. The predicted molar refractivity (Wildman–Crippen MR) is 357 cm³/mol. The van der Waals surface area contributed by atoms with Crippen LogP contribution in [0, 0.1) is 0 Å². The Hall–Kier alpha value is -5.22. The fraction of sp³-hybridized carbons (Fsp3) is 0.433. The maximum Gasteiger partial charge on any atom is 0.698 e. The van der Waals surface area contributed by atoms with E-state index in [1.165, 1.54) is 17.0 Å². The van der Waals surface area contributed by atoms with Crippen LogP contribution in [-0.2, 0) is 50.3 Å². The summed E-state index contributed by atoms with van der Waals surface area (Å²) >= 11 is 3.48. The summed E-state index contributed by atoms with van der Waals surface area (Å²) in [5.41, 5.74) is 4.50. The van der Waals surface area contributed by atoms with Gasteiger partial charge in [-0.2, -0.15) is 0 Å². The molecule has 5 aromatic heterocycles. The maximum absolute atomic E-state index is 13.7. The van der Waals surface area contributed by atoms with Crippen LogP contribution in [-0.4, -0.2) is 72.7 Å². The van der Waals surface area contributed by atoms with E-state index in [2.05, 4.69) is 89.4 Å². The van der Waals surface area contributed by atoms with E-state index >= 15 is 0 Å². The number of halogens is 1. The molecule has 16 nitrogen and oxygen atoms in total. The summed E-state index contributed by atoms with van der Waals surface area (Å²) in [4.78, 5) is 16.1. The number of methoxy groups -OCH3 is 2. The lowest BCUT2D eigenvalue weighted by molar-refractivity contribution is -0.106. The van der Waals surface area contributed by atoms with Crippen LogP contribution < -0.4 is 10.6 Å². The van der Waals surface area contributed by atoms with E-state index in [1.807, 2.05) is 222 Å². The zero-order chi connectivity index (χ0) is 65.1. The van der Waals surface area contributed by atoms with Gasteiger partial charge in [-0.15, -0.1) is 9.05 Å². The van der Waals surface area contributed by atoms with Crippen molar-refractivity contribution in [2.75, 3.05) is 14.2 Å². The number of hydrogen-bond donors (Lipinski definition) is 5. The number of H-pyrrole nitrogens is 5. The molecule has 0 saturated carbocycles. The lowest BCUT2D eigenvalue weighted by Gasteiger charge is -2.32. The molecular weight excluding hydrogens is 1220 g/mol. The van der Waals surface area contributed by atoms with Crippen molar-refractivity contribution in [2.45, 2.75) is 176 Å². The first-order valence-electron chi connectivity index (χ1n) is 28.8. The maximum atomic E-state index is 13.7. The highest BCUT2D eigenvalue weighted by molar-refractivity contribution is 9.10. The van der Waals surface area contributed by atoms with Gasteiger partial charge in [0.05, 0.1) is 44.8 Å². The standard InChI is InChI=1S/C23H31N2O3P.C17H29O5P.C15H13BrN2.C8H18O3P.C4H5N/c1-22(2,3)27-29(26,28-23(4,5)6)18-13-11-17(12-14-18)21(19-9-7-15-24-19)20-10-8-16-25-20;1-16(2,3)21-23(18,22-17(4,5)6)14-11-9-13(10-12-14)15(19-7)20-8;16-12-7-5-11(6-8-12)15(13-3-1-9-17-13)14-4-2-10-18-14;1-7(2,3)10-12(9)11-8(4,5)6;1-2-4-5-3-1/h7-16,21,24-25H,1-6H3;9-12,15H,1-8H3;1-10,15,17-18H;1-6H3;1-5H/q;;;+1;. The minimum Gasteiger partial charge on any atom is -0.368 e. The Kier molecular flexibility index (Phi) is 27.7. The van der Waals surface area contributed by atoms with Gasteiger partial charge in [-0.05, 0) is 233 Å². The molecule has 0 spiro atoms. The number of benzene rings is 3. The van der Waals surface area contributed by atoms with Crippen LogP contribution in [0.2, 0.25) is 0 Å². The van der Waals surface area contributed by atoms with Gasteiger partial charge in [0.15, 0.2) is 6.29 Å². The average molecular weight is 1320 g/mol. The molecule has 0 fully saturated rings. The van der Waals surface area contributed by atoms with Crippen LogP contribution >= 0.6 is 39.4 Å². The van der Waals surface area contributed by atoms with E-state index in [9.17, 15) is 13.7 Å². The Morgan fingerprint density at radius 3 is 0.874 bits per heavy atom. The predicted octanol–water partition coefficient (Wildman–Crippen LogP) is 19.0. The second-order valence-electron chi connectivity index (χ2n) is 26.2. The first-order chi connectivity index (χ1) is 40.3. The van der Waals surface area contributed by atoms with Gasteiger partial charge in [0.25, 0.3) is 0 Å². The highest BCUT2D eigenvalue weighted by Gasteiger charge is 2.39. The van der Waals surface area contributed by atoms with Gasteiger partial charge in [0.1, 0.15) is 11.2 Å². The van der Waals surface area contributed by atoms with Gasteiger partial charge in [-0.3, -0.25) is 27.2 Å². The van der Waals surface area contributed by atoms with E-state index in [0.717, 1.165) is 27.0 Å². The molecule has 87 heavy (non-hydrogen) atoms. The Morgan fingerprint density at radius 2 is 0.655 bits per heavy atom. The molecule has 8 aromatic rings. The highest BCUT2D eigenvalue weighted by Crippen LogP contribution is 2.55. The van der Waals surface area contributed by atoms with Gasteiger partial charge in [-0.1, -0.05) is 52.3 Å². The fourth-order valence-electron chi connectivity index (χ4n) is 8.27. The van der Waals surface area contributed by atoms with Crippen molar-refractivity contribution < 1.29 is 50.3 Å². The summed E-state index contributed by atoms with van der Waals surface area (Å²) in [5.74, 6) is 0.253. The van der Waals surface area contributed by atoms with E-state index in [1.54, 1.807) is 38.5 Å². The molecule has 0 amide bonds. The molecular formula is C67H96BrN5O11P3+. The van der Waals surface area contributed by atoms with Crippen LogP contribution in [0.25, 0.3) is 0 Å². The molecule has 0 saturated heterocycles. The molecule has 5 heterocycles. The molecule has 476 valence electrons. The SMILES string of the molecule is Brc1ccc(C(c2ccc[nH]2)c2ccc[nH]2)cc1.CC(C)(C)OP(=O)(OC(C)(C)C)c1ccc(C(c2ccc[nH]2)c2ccc[nH]2)cc1.CC(C)(C)O[P+](=O)OC(C)(C)C.COC(OC)c1ccc(P(=O)(OC(C)(C)C)OC(C)(C)C)cc1.c1cc[nH]c1. The summed E-state index contributed by atoms with van der Waals surface area (Å²) in [5, 5.41) is 1.07. The minimum atomic E-state index is -3.50. The van der Waals surface area contributed by atoms with Gasteiger partial charge >= 0.3 is 23.4 Å². The monoisotopic (exact) mass is 1320 g/mol. The normalized spacial score (nSPS) is 12.6. The number of rotatable bonds is 17. The second-order valence-corrected chi connectivity index (χ2v) is 31.7. The van der Waals surface area contributed by atoms with Crippen molar-refractivity contribution in [2.24, 2.45) is 0 Å². The van der Waals surface area contributed by atoms with Crippen molar-refractivity contribution in [3.05, 3.63) is 215 Å². The van der Waals surface area contributed by atoms with Crippen molar-refractivity contribution in [1.82, 2.24) is 24.9 Å². The molecule has 0 radical (unpaired) electrons. The number of hydrogen-bond acceptors (Lipinski definition) is 11. The molecule has 3 aromatic carbocycles. The third kappa shape index (κ3) is 27.2. The third-order valence-corrected chi connectivity index (χ3v) is 18.1. The molecule has 0 unspecified atom stereocenters. The van der Waals surface area contributed by atoms with Crippen LogP contribution in [0.1, 0.15) is 182 Å². The Morgan fingerprint density at radius 1 is 0.379 bits per heavy atom. The van der Waals surface area contributed by atoms with Crippen LogP contribution in [0.4, 0.5) is 0 Å². The van der Waals surface area contributed by atoms with E-state index in [0.29, 0.717) is 10.6 Å². The molecule has 0 aliphatic carbocycles. The summed E-state index contributed by atoms with van der Waals surface area (Å²) < 4.78 is 83.5. The first-order valence-corrected chi connectivity index (χ1v) is 33.8. The third-order valence-electron chi connectivity index (χ3n) is 11.2. The summed E-state index contributed by atoms with van der Waals surface area (Å²) in [6.07, 6.45) is 11.1. The Balaban J connectivity index is 0.000000250. The summed E-state index contributed by atoms with van der Waals surface area (Å²) in [6, 6.07) is 43.5. The second kappa shape index (κ2) is 32.5. The minimum absolute atomic E-state index is 0.0282. The smallest absolute Gasteiger partial charge is 0.368 e. The number of ether oxygens (including phenoxy) is 2. The van der Waals surface area contributed by atoms with Gasteiger partial charge < -0.3 is 34.4 Å². The molecule has 0 aliphatic rings. The van der Waals surface area contributed by atoms with Crippen molar-refractivity contribution >= 4 is 50.0 Å². The van der Waals surface area contributed by atoms with Crippen molar-refractivity contribution in [1.29, 1.82) is 0 Å². The topological polar surface area (TPSA) is 204 Å². The molecule has 5 N–H and O–H groups in total. The number of nitrogens with one attached hydrogen (secondary N) is 5. The van der Waals surface area contributed by atoms with Gasteiger partial charge in [0, 0.05) is 88.8 Å². The molecule has 0 bridgehead atoms. The van der Waals surface area contributed by atoms with E-state index < -0.39 is 63.3 Å². The largest absolute Gasteiger partial charge is 0.698 e. The molecule has 0 atom stereocenters. The Bertz CT molecular complexity index is 3110.